The van der Waals surface area contributed by atoms with Gasteiger partial charge < -0.3 is 5.32 Å². The summed E-state index contributed by atoms with van der Waals surface area (Å²) in [4.78, 5) is 1.05. The Balaban J connectivity index is 2.13. The van der Waals surface area contributed by atoms with Gasteiger partial charge in [-0.1, -0.05) is 13.8 Å². The molecule has 1 N–H and O–H groups in total. The lowest BCUT2D eigenvalue weighted by Crippen LogP contribution is -2.40. The molecule has 1 fully saturated rings. The first-order valence-electron chi connectivity index (χ1n) is 6.59. The van der Waals surface area contributed by atoms with Crippen LogP contribution < -0.4 is 5.32 Å². The Morgan fingerprint density at radius 2 is 1.95 bits per heavy atom. The monoisotopic (exact) mass is 302 g/mol. The minimum absolute atomic E-state index is 0.263. The van der Waals surface area contributed by atoms with E-state index >= 15 is 0 Å². The number of nitrogens with zero attached hydrogens (tertiary/aromatic N) is 1. The zero-order chi connectivity index (χ0) is 14.1. The number of piperidine rings is 1. The first-order chi connectivity index (χ1) is 8.85. The van der Waals surface area contributed by atoms with Crippen LogP contribution in [0, 0.1) is 5.41 Å². The summed E-state index contributed by atoms with van der Waals surface area (Å²) in [5, 5.41) is 3.04. The average Bonchev–Trinajstić information content (AvgIpc) is 2.78. The number of sulfonamides is 1. The average molecular weight is 302 g/mol. The van der Waals surface area contributed by atoms with Gasteiger partial charge in [-0.25, -0.2) is 8.42 Å². The number of nitrogens with one attached hydrogen (secondary N) is 1. The summed E-state index contributed by atoms with van der Waals surface area (Å²) in [6.07, 6.45) is 1.86. The maximum atomic E-state index is 12.5. The van der Waals surface area contributed by atoms with Crippen molar-refractivity contribution < 1.29 is 8.42 Å². The molecule has 19 heavy (non-hydrogen) atoms. The van der Waals surface area contributed by atoms with Crippen molar-refractivity contribution in [1.82, 2.24) is 9.62 Å². The smallest absolute Gasteiger partial charge is 0.252 e. The fraction of sp³-hybridized carbons (Fsp3) is 0.692. The molecule has 0 atom stereocenters. The SMILES string of the molecule is CNCc1ccc(S(=O)(=O)N2CCC(C)(C)CC2)s1. The predicted octanol–water partition coefficient (Wildman–Crippen LogP) is 2.28. The predicted molar refractivity (Wildman–Crippen MR) is 78.9 cm³/mol. The Morgan fingerprint density at radius 3 is 2.53 bits per heavy atom. The molecule has 108 valence electrons. The van der Waals surface area contributed by atoms with Gasteiger partial charge >= 0.3 is 0 Å². The van der Waals surface area contributed by atoms with Gasteiger partial charge in [0.15, 0.2) is 0 Å². The third-order valence-corrected chi connectivity index (χ3v) is 7.11. The molecule has 1 aliphatic rings. The molecule has 0 aliphatic carbocycles. The minimum Gasteiger partial charge on any atom is -0.315 e. The van der Waals surface area contributed by atoms with E-state index in [4.69, 9.17) is 0 Å². The van der Waals surface area contributed by atoms with Crippen LogP contribution in [0.15, 0.2) is 16.3 Å². The van der Waals surface area contributed by atoms with Crippen molar-refractivity contribution in [3.63, 3.8) is 0 Å². The van der Waals surface area contributed by atoms with Crippen LogP contribution in [0.4, 0.5) is 0 Å². The Labute approximate surface area is 119 Å². The van der Waals surface area contributed by atoms with E-state index in [1.165, 1.54) is 11.3 Å². The van der Waals surface area contributed by atoms with Gasteiger partial charge in [0, 0.05) is 24.5 Å². The lowest BCUT2D eigenvalue weighted by Gasteiger charge is -2.35. The summed E-state index contributed by atoms with van der Waals surface area (Å²) < 4.78 is 27.2. The molecule has 1 saturated heterocycles. The summed E-state index contributed by atoms with van der Waals surface area (Å²) in [7, 11) is -1.42. The van der Waals surface area contributed by atoms with Crippen LogP contribution in [0.1, 0.15) is 31.6 Å². The van der Waals surface area contributed by atoms with E-state index in [0.29, 0.717) is 23.8 Å². The minimum atomic E-state index is -3.29. The van der Waals surface area contributed by atoms with Gasteiger partial charge in [-0.3, -0.25) is 0 Å². The zero-order valence-corrected chi connectivity index (χ0v) is 13.4. The second kappa shape index (κ2) is 5.52. The Hall–Kier alpha value is -0.430. The summed E-state index contributed by atoms with van der Waals surface area (Å²) in [5.41, 5.74) is 0.263. The van der Waals surface area contributed by atoms with Crippen LogP contribution in [-0.4, -0.2) is 32.9 Å². The second-order valence-electron chi connectivity index (χ2n) is 5.82. The number of rotatable bonds is 4. The largest absolute Gasteiger partial charge is 0.315 e. The fourth-order valence-electron chi connectivity index (χ4n) is 2.23. The van der Waals surface area contributed by atoms with Gasteiger partial charge in [0.2, 0.25) is 0 Å². The van der Waals surface area contributed by atoms with E-state index in [0.717, 1.165) is 17.7 Å². The molecule has 0 amide bonds. The molecule has 0 unspecified atom stereocenters. The summed E-state index contributed by atoms with van der Waals surface area (Å²) in [5.74, 6) is 0. The third-order valence-electron chi connectivity index (χ3n) is 3.66. The van der Waals surface area contributed by atoms with E-state index in [2.05, 4.69) is 19.2 Å². The molecule has 4 nitrogen and oxygen atoms in total. The first-order valence-corrected chi connectivity index (χ1v) is 8.84. The third kappa shape index (κ3) is 3.37. The molecule has 0 spiro atoms. The van der Waals surface area contributed by atoms with Crippen LogP contribution in [-0.2, 0) is 16.6 Å². The molecule has 0 saturated carbocycles. The maximum Gasteiger partial charge on any atom is 0.252 e. The van der Waals surface area contributed by atoms with Gasteiger partial charge in [0.1, 0.15) is 4.21 Å². The Kier molecular flexibility index (Phi) is 4.35. The number of hydrogen-bond donors (Lipinski definition) is 1. The van der Waals surface area contributed by atoms with Gasteiger partial charge in [0.25, 0.3) is 10.0 Å². The van der Waals surface area contributed by atoms with Crippen LogP contribution in [0.2, 0.25) is 0 Å². The van der Waals surface area contributed by atoms with Crippen molar-refractivity contribution in [1.29, 1.82) is 0 Å². The Bertz CT molecular complexity index is 525. The topological polar surface area (TPSA) is 49.4 Å². The molecule has 0 bridgehead atoms. The molecular weight excluding hydrogens is 280 g/mol. The van der Waals surface area contributed by atoms with Gasteiger partial charge in [-0.15, -0.1) is 11.3 Å². The van der Waals surface area contributed by atoms with Gasteiger partial charge in [-0.2, -0.15) is 4.31 Å². The lowest BCUT2D eigenvalue weighted by molar-refractivity contribution is 0.196. The molecule has 2 heterocycles. The Morgan fingerprint density at radius 1 is 1.32 bits per heavy atom. The standard InChI is InChI=1S/C13H22N2O2S2/c1-13(2)6-8-15(9-7-13)19(16,17)12-5-4-11(18-12)10-14-3/h4-5,14H,6-10H2,1-3H3. The summed E-state index contributed by atoms with van der Waals surface area (Å²) in [6.45, 7) is 6.39. The number of hydrogen-bond acceptors (Lipinski definition) is 4. The van der Waals surface area contributed by atoms with Crippen LogP contribution in [0.5, 0.6) is 0 Å². The van der Waals surface area contributed by atoms with Crippen LogP contribution in [0.25, 0.3) is 0 Å². The highest BCUT2D eigenvalue weighted by Crippen LogP contribution is 2.33. The van der Waals surface area contributed by atoms with Crippen molar-refractivity contribution in [2.75, 3.05) is 20.1 Å². The summed E-state index contributed by atoms with van der Waals surface area (Å²) in [6, 6.07) is 3.62. The molecule has 1 aromatic heterocycles. The molecule has 1 aliphatic heterocycles. The number of thiophene rings is 1. The highest BCUT2D eigenvalue weighted by Gasteiger charge is 2.33. The second-order valence-corrected chi connectivity index (χ2v) is 9.15. The van der Waals surface area contributed by atoms with Crippen molar-refractivity contribution in [3.8, 4) is 0 Å². The van der Waals surface area contributed by atoms with E-state index < -0.39 is 10.0 Å². The van der Waals surface area contributed by atoms with E-state index in [1.807, 2.05) is 13.1 Å². The highest BCUT2D eigenvalue weighted by atomic mass is 32.2. The highest BCUT2D eigenvalue weighted by molar-refractivity contribution is 7.91. The van der Waals surface area contributed by atoms with Gasteiger partial charge in [0.05, 0.1) is 0 Å². The fourth-order valence-corrected chi connectivity index (χ4v) is 5.19. The summed E-state index contributed by atoms with van der Waals surface area (Å²) >= 11 is 1.37. The normalized spacial score (nSPS) is 20.6. The van der Waals surface area contributed by atoms with Crippen LogP contribution >= 0.6 is 11.3 Å². The van der Waals surface area contributed by atoms with E-state index in [9.17, 15) is 8.42 Å². The van der Waals surface area contributed by atoms with Crippen LogP contribution in [0.3, 0.4) is 0 Å². The molecule has 1 aromatic rings. The van der Waals surface area contributed by atoms with Gasteiger partial charge in [-0.05, 0) is 37.4 Å². The molecule has 6 heteroatoms. The van der Waals surface area contributed by atoms with Crippen molar-refractivity contribution in [2.45, 2.75) is 37.4 Å². The van der Waals surface area contributed by atoms with Crippen molar-refractivity contribution >= 4 is 21.4 Å². The molecule has 2 rings (SSSR count). The van der Waals surface area contributed by atoms with E-state index in [-0.39, 0.29) is 5.41 Å². The van der Waals surface area contributed by atoms with Crippen molar-refractivity contribution in [3.05, 3.63) is 17.0 Å². The zero-order valence-electron chi connectivity index (χ0n) is 11.8. The van der Waals surface area contributed by atoms with Crippen molar-refractivity contribution in [2.24, 2.45) is 5.41 Å². The first kappa shape index (κ1) is 15.0. The maximum absolute atomic E-state index is 12.5. The lowest BCUT2D eigenvalue weighted by atomic mass is 9.83. The molecule has 0 radical (unpaired) electrons. The molecular formula is C13H22N2O2S2. The molecule has 0 aromatic carbocycles. The quantitative estimate of drug-likeness (QED) is 0.928. The van der Waals surface area contributed by atoms with E-state index in [1.54, 1.807) is 10.4 Å².